The lowest BCUT2D eigenvalue weighted by Crippen LogP contribution is -2.31. The number of benzene rings is 1. The summed E-state index contributed by atoms with van der Waals surface area (Å²) in [6.45, 7) is 3.23. The van der Waals surface area contributed by atoms with Gasteiger partial charge in [0.25, 0.3) is 0 Å². The molecule has 0 aliphatic carbocycles. The van der Waals surface area contributed by atoms with Gasteiger partial charge < -0.3 is 9.47 Å². The molecule has 19 heavy (non-hydrogen) atoms. The van der Waals surface area contributed by atoms with Gasteiger partial charge in [-0.25, -0.2) is 4.79 Å². The van der Waals surface area contributed by atoms with E-state index >= 15 is 0 Å². The summed E-state index contributed by atoms with van der Waals surface area (Å²) in [5, 5.41) is 0. The first kappa shape index (κ1) is 13.1. The Hall–Kier alpha value is -2.37. The van der Waals surface area contributed by atoms with Crippen molar-refractivity contribution in [3.63, 3.8) is 0 Å². The van der Waals surface area contributed by atoms with Crippen molar-refractivity contribution in [2.45, 2.75) is 20.3 Å². The molecule has 0 radical (unpaired) electrons. The van der Waals surface area contributed by atoms with Gasteiger partial charge >= 0.3 is 6.16 Å². The summed E-state index contributed by atoms with van der Waals surface area (Å²) < 4.78 is 9.59. The maximum atomic E-state index is 11.7. The standard InChI is InChI=1S/C13H13NO5/c1-3-18-13(17)19-10-4-5-11-9(6-10)7-12(16)14(11)8(2)15/h4-6H,3,7H2,1-2H3. The molecule has 2 amide bonds. The van der Waals surface area contributed by atoms with Crippen LogP contribution in [0.15, 0.2) is 18.2 Å². The van der Waals surface area contributed by atoms with Crippen LogP contribution in [0.3, 0.4) is 0 Å². The van der Waals surface area contributed by atoms with E-state index in [1.54, 1.807) is 19.1 Å². The minimum absolute atomic E-state index is 0.120. The molecule has 6 nitrogen and oxygen atoms in total. The zero-order valence-corrected chi connectivity index (χ0v) is 10.6. The Morgan fingerprint density at radius 2 is 2.11 bits per heavy atom. The summed E-state index contributed by atoms with van der Waals surface area (Å²) in [6, 6.07) is 4.66. The molecule has 1 aliphatic rings. The minimum atomic E-state index is -0.796. The summed E-state index contributed by atoms with van der Waals surface area (Å²) in [4.78, 5) is 35.3. The lowest BCUT2D eigenvalue weighted by molar-refractivity contribution is -0.124. The first-order chi connectivity index (χ1) is 9.02. The second-order valence-electron chi connectivity index (χ2n) is 4.00. The average molecular weight is 263 g/mol. The van der Waals surface area contributed by atoms with E-state index in [-0.39, 0.29) is 30.6 Å². The van der Waals surface area contributed by atoms with Crippen molar-refractivity contribution in [1.82, 2.24) is 0 Å². The topological polar surface area (TPSA) is 72.9 Å². The Morgan fingerprint density at radius 1 is 1.37 bits per heavy atom. The van der Waals surface area contributed by atoms with Crippen LogP contribution in [0.25, 0.3) is 0 Å². The molecule has 0 saturated heterocycles. The van der Waals surface area contributed by atoms with Gasteiger partial charge in [-0.05, 0) is 30.7 Å². The Morgan fingerprint density at radius 3 is 2.74 bits per heavy atom. The SMILES string of the molecule is CCOC(=O)Oc1ccc2c(c1)CC(=O)N2C(C)=O. The number of rotatable bonds is 2. The van der Waals surface area contributed by atoms with Crippen molar-refractivity contribution >= 4 is 23.7 Å². The zero-order chi connectivity index (χ0) is 14.0. The van der Waals surface area contributed by atoms with Crippen LogP contribution in [0.4, 0.5) is 10.5 Å². The second-order valence-corrected chi connectivity index (χ2v) is 4.00. The number of carbonyl (C=O) groups is 3. The van der Waals surface area contributed by atoms with E-state index in [9.17, 15) is 14.4 Å². The molecular formula is C13H13NO5. The molecule has 0 saturated carbocycles. The number of amides is 2. The van der Waals surface area contributed by atoms with Crippen LogP contribution in [-0.4, -0.2) is 24.6 Å². The smallest absolute Gasteiger partial charge is 0.434 e. The van der Waals surface area contributed by atoms with E-state index in [0.29, 0.717) is 11.3 Å². The highest BCUT2D eigenvalue weighted by molar-refractivity contribution is 6.18. The molecule has 0 spiro atoms. The minimum Gasteiger partial charge on any atom is -0.434 e. The molecule has 1 heterocycles. The van der Waals surface area contributed by atoms with E-state index in [1.165, 1.54) is 13.0 Å². The first-order valence-corrected chi connectivity index (χ1v) is 5.84. The molecule has 1 aromatic rings. The number of carbonyl (C=O) groups excluding carboxylic acids is 3. The third-order valence-corrected chi connectivity index (χ3v) is 2.66. The first-order valence-electron chi connectivity index (χ1n) is 5.84. The van der Waals surface area contributed by atoms with E-state index in [4.69, 9.17) is 4.74 Å². The Kier molecular flexibility index (Phi) is 3.50. The molecule has 100 valence electrons. The van der Waals surface area contributed by atoms with Gasteiger partial charge in [-0.1, -0.05) is 0 Å². The highest BCUT2D eigenvalue weighted by Crippen LogP contribution is 2.32. The van der Waals surface area contributed by atoms with Gasteiger partial charge in [-0.3, -0.25) is 14.5 Å². The number of ether oxygens (including phenoxy) is 2. The molecule has 1 aliphatic heterocycles. The summed E-state index contributed by atoms with van der Waals surface area (Å²) in [5.41, 5.74) is 1.19. The highest BCUT2D eigenvalue weighted by atomic mass is 16.7. The van der Waals surface area contributed by atoms with Gasteiger partial charge in [-0.2, -0.15) is 0 Å². The summed E-state index contributed by atoms with van der Waals surface area (Å²) in [6.07, 6.45) is -0.676. The molecule has 6 heteroatoms. The number of hydrogen-bond donors (Lipinski definition) is 0. The molecule has 0 bridgehead atoms. The predicted octanol–water partition coefficient (Wildman–Crippen LogP) is 1.66. The van der Waals surface area contributed by atoms with Crippen LogP contribution >= 0.6 is 0 Å². The van der Waals surface area contributed by atoms with Crippen LogP contribution in [0.1, 0.15) is 19.4 Å². The second kappa shape index (κ2) is 5.09. The number of anilines is 1. The summed E-state index contributed by atoms with van der Waals surface area (Å²) in [5.74, 6) is -0.325. The fourth-order valence-electron chi connectivity index (χ4n) is 1.95. The molecule has 2 rings (SSSR count). The monoisotopic (exact) mass is 263 g/mol. The quantitative estimate of drug-likeness (QED) is 0.599. The predicted molar refractivity (Wildman–Crippen MR) is 66.0 cm³/mol. The van der Waals surface area contributed by atoms with Crippen LogP contribution in [0, 0.1) is 0 Å². The number of fused-ring (bicyclic) bond motifs is 1. The van der Waals surface area contributed by atoms with Crippen molar-refractivity contribution in [2.24, 2.45) is 0 Å². The highest BCUT2D eigenvalue weighted by Gasteiger charge is 2.30. The number of hydrogen-bond acceptors (Lipinski definition) is 5. The lowest BCUT2D eigenvalue weighted by Gasteiger charge is -2.12. The third kappa shape index (κ3) is 2.57. The Balaban J connectivity index is 2.22. The number of nitrogens with zero attached hydrogens (tertiary/aromatic N) is 1. The maximum absolute atomic E-state index is 11.7. The van der Waals surface area contributed by atoms with Gasteiger partial charge in [0.1, 0.15) is 5.75 Å². The zero-order valence-electron chi connectivity index (χ0n) is 10.6. The van der Waals surface area contributed by atoms with E-state index in [0.717, 1.165) is 4.90 Å². The van der Waals surface area contributed by atoms with Crippen molar-refractivity contribution in [3.05, 3.63) is 23.8 Å². The van der Waals surface area contributed by atoms with Crippen LogP contribution in [-0.2, 0) is 20.7 Å². The molecule has 0 N–H and O–H groups in total. The fraction of sp³-hybridized carbons (Fsp3) is 0.308. The van der Waals surface area contributed by atoms with Crippen molar-refractivity contribution in [2.75, 3.05) is 11.5 Å². The van der Waals surface area contributed by atoms with Crippen LogP contribution in [0.5, 0.6) is 5.75 Å². The average Bonchev–Trinajstić information content (AvgIpc) is 2.64. The Labute approximate surface area is 109 Å². The normalized spacial score (nSPS) is 13.2. The van der Waals surface area contributed by atoms with E-state index in [1.807, 2.05) is 0 Å². The molecule has 0 atom stereocenters. The van der Waals surface area contributed by atoms with Gasteiger partial charge in [0, 0.05) is 6.92 Å². The third-order valence-electron chi connectivity index (χ3n) is 2.66. The molecule has 1 aromatic carbocycles. The van der Waals surface area contributed by atoms with Gasteiger partial charge in [0.2, 0.25) is 11.8 Å². The maximum Gasteiger partial charge on any atom is 0.513 e. The van der Waals surface area contributed by atoms with Crippen LogP contribution < -0.4 is 9.64 Å². The van der Waals surface area contributed by atoms with Crippen molar-refractivity contribution < 1.29 is 23.9 Å². The fourth-order valence-corrected chi connectivity index (χ4v) is 1.95. The van der Waals surface area contributed by atoms with Gasteiger partial charge in [0.05, 0.1) is 18.7 Å². The van der Waals surface area contributed by atoms with E-state index in [2.05, 4.69) is 4.74 Å². The van der Waals surface area contributed by atoms with E-state index < -0.39 is 6.16 Å². The Bertz CT molecular complexity index is 552. The molecule has 0 unspecified atom stereocenters. The van der Waals surface area contributed by atoms with Crippen molar-refractivity contribution in [1.29, 1.82) is 0 Å². The largest absolute Gasteiger partial charge is 0.513 e. The lowest BCUT2D eigenvalue weighted by atomic mass is 10.1. The van der Waals surface area contributed by atoms with Gasteiger partial charge in [0.15, 0.2) is 0 Å². The summed E-state index contributed by atoms with van der Waals surface area (Å²) in [7, 11) is 0. The van der Waals surface area contributed by atoms with Crippen molar-refractivity contribution in [3.8, 4) is 5.75 Å². The molecule has 0 aromatic heterocycles. The number of imide groups is 1. The molecule has 0 fully saturated rings. The molecular weight excluding hydrogens is 250 g/mol. The summed E-state index contributed by atoms with van der Waals surface area (Å²) >= 11 is 0. The van der Waals surface area contributed by atoms with Gasteiger partial charge in [-0.15, -0.1) is 0 Å². The van der Waals surface area contributed by atoms with Crippen LogP contribution in [0.2, 0.25) is 0 Å².